The predicted octanol–water partition coefficient (Wildman–Crippen LogP) is 3.19. The van der Waals surface area contributed by atoms with Gasteiger partial charge in [0.15, 0.2) is 0 Å². The Morgan fingerprint density at radius 2 is 1.44 bits per heavy atom. The van der Waals surface area contributed by atoms with Crippen molar-refractivity contribution in [3.63, 3.8) is 0 Å². The van der Waals surface area contributed by atoms with Crippen LogP contribution in [0.25, 0.3) is 0 Å². The highest BCUT2D eigenvalue weighted by atomic mass is 32.2. The Kier molecular flexibility index (Phi) is 13.4. The lowest BCUT2D eigenvalue weighted by molar-refractivity contribution is 0.321. The van der Waals surface area contributed by atoms with E-state index in [9.17, 15) is 8.42 Å². The zero-order valence-electron chi connectivity index (χ0n) is 12.6. The first kappa shape index (κ1) is 20.2. The molecule has 0 bridgehead atoms. The van der Waals surface area contributed by atoms with Crippen LogP contribution in [0.5, 0.6) is 0 Å². The molecule has 18 heavy (non-hydrogen) atoms. The Balaban J connectivity index is 0. The summed E-state index contributed by atoms with van der Waals surface area (Å²) in [6.07, 6.45) is 3.53. The van der Waals surface area contributed by atoms with E-state index in [1.165, 1.54) is 26.6 Å². The zero-order valence-corrected chi connectivity index (χ0v) is 13.5. The maximum atomic E-state index is 10.5. The van der Waals surface area contributed by atoms with Gasteiger partial charge in [-0.3, -0.25) is 4.55 Å². The van der Waals surface area contributed by atoms with Gasteiger partial charge in [0.1, 0.15) is 0 Å². The van der Waals surface area contributed by atoms with Gasteiger partial charge in [0.2, 0.25) is 0 Å². The summed E-state index contributed by atoms with van der Waals surface area (Å²) in [4.78, 5) is 2.38. The zero-order chi connectivity index (χ0) is 14.6. The Morgan fingerprint density at radius 3 is 1.67 bits per heavy atom. The van der Waals surface area contributed by atoms with Gasteiger partial charge in [0.25, 0.3) is 10.1 Å². The van der Waals surface area contributed by atoms with Crippen molar-refractivity contribution in [2.75, 3.05) is 19.6 Å². The van der Waals surface area contributed by atoms with E-state index in [1.54, 1.807) is 0 Å². The summed E-state index contributed by atoms with van der Waals surface area (Å²) in [5.74, 6) is 0. The number of nitrogens with zero attached hydrogens (tertiary/aromatic N) is 1. The Hall–Kier alpha value is -0.130. The van der Waals surface area contributed by atoms with Crippen LogP contribution in [0.3, 0.4) is 0 Å². The molecular weight excluding hydrogens is 250 g/mol. The molecule has 1 atom stereocenters. The number of hydrogen-bond acceptors (Lipinski definition) is 3. The summed E-state index contributed by atoms with van der Waals surface area (Å²) in [5.41, 5.74) is 0. The third kappa shape index (κ3) is 12.3. The van der Waals surface area contributed by atoms with Gasteiger partial charge < -0.3 is 4.90 Å². The Morgan fingerprint density at radius 1 is 1.00 bits per heavy atom. The first-order chi connectivity index (χ1) is 8.33. The molecule has 0 aromatic rings. The van der Waals surface area contributed by atoms with Gasteiger partial charge in [-0.05, 0) is 33.0 Å². The normalized spacial score (nSPS) is 13.1. The SMILES string of the molecule is CCCCCC(C)S(=O)(=O)O.CCN(CC)CC. The molecule has 0 amide bonds. The van der Waals surface area contributed by atoms with Crippen molar-refractivity contribution < 1.29 is 13.0 Å². The fourth-order valence-electron chi connectivity index (χ4n) is 1.50. The molecule has 0 radical (unpaired) electrons. The molecule has 0 aromatic heterocycles. The van der Waals surface area contributed by atoms with Gasteiger partial charge in [0.05, 0.1) is 5.25 Å². The van der Waals surface area contributed by atoms with Gasteiger partial charge in [-0.2, -0.15) is 8.42 Å². The third-order valence-electron chi connectivity index (χ3n) is 3.06. The molecule has 0 aliphatic heterocycles. The van der Waals surface area contributed by atoms with Crippen LogP contribution in [0.15, 0.2) is 0 Å². The molecule has 0 aliphatic carbocycles. The number of rotatable bonds is 8. The minimum absolute atomic E-state index is 0.562. The summed E-state index contributed by atoms with van der Waals surface area (Å²) in [6.45, 7) is 13.7. The van der Waals surface area contributed by atoms with Gasteiger partial charge in [-0.25, -0.2) is 0 Å². The fourth-order valence-corrected chi connectivity index (χ4v) is 1.97. The molecule has 112 valence electrons. The first-order valence-corrected chi connectivity index (χ1v) is 8.52. The van der Waals surface area contributed by atoms with E-state index in [0.29, 0.717) is 6.42 Å². The fraction of sp³-hybridized carbons (Fsp3) is 1.00. The molecule has 0 heterocycles. The lowest BCUT2D eigenvalue weighted by Gasteiger charge is -2.13. The van der Waals surface area contributed by atoms with E-state index >= 15 is 0 Å². The van der Waals surface area contributed by atoms with E-state index < -0.39 is 15.4 Å². The van der Waals surface area contributed by atoms with E-state index in [4.69, 9.17) is 4.55 Å². The minimum atomic E-state index is -3.78. The van der Waals surface area contributed by atoms with Crippen LogP contribution in [-0.4, -0.2) is 42.8 Å². The van der Waals surface area contributed by atoms with Gasteiger partial charge in [-0.15, -0.1) is 0 Å². The monoisotopic (exact) mass is 281 g/mol. The van der Waals surface area contributed by atoms with Crippen LogP contribution in [0.1, 0.15) is 60.3 Å². The third-order valence-corrected chi connectivity index (χ3v) is 4.32. The molecule has 0 rings (SSSR count). The van der Waals surface area contributed by atoms with E-state index in [-0.39, 0.29) is 0 Å². The average Bonchev–Trinajstić information content (AvgIpc) is 2.31. The van der Waals surface area contributed by atoms with Crippen molar-refractivity contribution in [1.82, 2.24) is 4.90 Å². The largest absolute Gasteiger partial charge is 0.304 e. The van der Waals surface area contributed by atoms with Crippen molar-refractivity contribution in [3.8, 4) is 0 Å². The van der Waals surface area contributed by atoms with E-state index in [0.717, 1.165) is 19.3 Å². The van der Waals surface area contributed by atoms with Crippen molar-refractivity contribution in [2.45, 2.75) is 65.6 Å². The van der Waals surface area contributed by atoms with Crippen LogP contribution in [0.4, 0.5) is 0 Å². The summed E-state index contributed by atoms with van der Waals surface area (Å²) in [7, 11) is -3.78. The molecule has 0 saturated heterocycles. The Labute approximate surface area is 114 Å². The second-order valence-corrected chi connectivity index (χ2v) is 6.28. The lowest BCUT2D eigenvalue weighted by atomic mass is 10.2. The van der Waals surface area contributed by atoms with Crippen LogP contribution < -0.4 is 0 Å². The quantitative estimate of drug-likeness (QED) is 0.548. The van der Waals surface area contributed by atoms with Crippen molar-refractivity contribution >= 4 is 10.1 Å². The summed E-state index contributed by atoms with van der Waals surface area (Å²) in [6, 6.07) is 0. The average molecular weight is 281 g/mol. The highest BCUT2D eigenvalue weighted by molar-refractivity contribution is 7.86. The summed E-state index contributed by atoms with van der Waals surface area (Å²) < 4.78 is 29.5. The summed E-state index contributed by atoms with van der Waals surface area (Å²) >= 11 is 0. The number of unbranched alkanes of at least 4 members (excludes halogenated alkanes) is 2. The van der Waals surface area contributed by atoms with E-state index in [1.807, 2.05) is 0 Å². The molecule has 0 fully saturated rings. The summed E-state index contributed by atoms with van der Waals surface area (Å²) in [5, 5.41) is -0.603. The molecule has 5 heteroatoms. The second kappa shape index (κ2) is 11.9. The molecule has 0 spiro atoms. The second-order valence-electron chi connectivity index (χ2n) is 4.44. The predicted molar refractivity (Wildman–Crippen MR) is 78.6 cm³/mol. The maximum Gasteiger partial charge on any atom is 0.267 e. The van der Waals surface area contributed by atoms with Crippen molar-refractivity contribution in [3.05, 3.63) is 0 Å². The van der Waals surface area contributed by atoms with Gasteiger partial charge in [-0.1, -0.05) is 47.0 Å². The molecular formula is C13H31NO3S. The maximum absolute atomic E-state index is 10.5. The van der Waals surface area contributed by atoms with Crippen LogP contribution in [0.2, 0.25) is 0 Å². The van der Waals surface area contributed by atoms with Gasteiger partial charge >= 0.3 is 0 Å². The number of hydrogen-bond donors (Lipinski definition) is 1. The lowest BCUT2D eigenvalue weighted by Crippen LogP contribution is -2.21. The highest BCUT2D eigenvalue weighted by Crippen LogP contribution is 2.08. The highest BCUT2D eigenvalue weighted by Gasteiger charge is 2.15. The topological polar surface area (TPSA) is 57.6 Å². The molecule has 1 N–H and O–H groups in total. The van der Waals surface area contributed by atoms with Gasteiger partial charge in [0, 0.05) is 0 Å². The smallest absolute Gasteiger partial charge is 0.267 e. The molecule has 1 unspecified atom stereocenters. The van der Waals surface area contributed by atoms with Crippen molar-refractivity contribution in [2.24, 2.45) is 0 Å². The van der Waals surface area contributed by atoms with Crippen molar-refractivity contribution in [1.29, 1.82) is 0 Å². The molecule has 0 aliphatic rings. The first-order valence-electron chi connectivity index (χ1n) is 7.01. The molecule has 4 nitrogen and oxygen atoms in total. The molecule has 0 aromatic carbocycles. The Bertz CT molecular complexity index is 256. The molecule has 0 saturated carbocycles. The van der Waals surface area contributed by atoms with E-state index in [2.05, 4.69) is 32.6 Å². The van der Waals surface area contributed by atoms with Crippen LogP contribution in [0, 0.1) is 0 Å². The van der Waals surface area contributed by atoms with Crippen LogP contribution in [-0.2, 0) is 10.1 Å². The standard InChI is InChI=1S/C7H16O3S.C6H15N/c1-3-4-5-6-7(2)11(8,9)10;1-4-7(5-2)6-3/h7H,3-6H2,1-2H3,(H,8,9,10);4-6H2,1-3H3. The minimum Gasteiger partial charge on any atom is -0.304 e. The van der Waals surface area contributed by atoms with Crippen LogP contribution >= 0.6 is 0 Å².